The molecule has 0 radical (unpaired) electrons. The van der Waals surface area contributed by atoms with Crippen molar-refractivity contribution in [3.63, 3.8) is 0 Å². The monoisotopic (exact) mass is 178 g/mol. The number of carbonyl (C=O) groups excluding carboxylic acids is 1. The Kier molecular flexibility index (Phi) is 3.09. The Labute approximate surface area is 76.3 Å². The first-order chi connectivity index (χ1) is 6.29. The highest BCUT2D eigenvalue weighted by molar-refractivity contribution is 5.76. The van der Waals surface area contributed by atoms with E-state index in [0.717, 1.165) is 0 Å². The van der Waals surface area contributed by atoms with Gasteiger partial charge in [0.25, 0.3) is 0 Å². The van der Waals surface area contributed by atoms with E-state index in [1.54, 1.807) is 18.2 Å². The van der Waals surface area contributed by atoms with Gasteiger partial charge in [0, 0.05) is 5.56 Å². The molecule has 0 aliphatic heterocycles. The molecule has 1 aromatic carbocycles. The van der Waals surface area contributed by atoms with E-state index in [4.69, 9.17) is 4.74 Å². The van der Waals surface area contributed by atoms with Crippen molar-refractivity contribution < 1.29 is 14.6 Å². The molecule has 0 aliphatic carbocycles. The third-order valence-electron chi connectivity index (χ3n) is 1.60. The Balaban J connectivity index is 3.07. The van der Waals surface area contributed by atoms with Gasteiger partial charge in [0.1, 0.15) is 6.29 Å². The van der Waals surface area contributed by atoms with E-state index in [1.807, 2.05) is 0 Å². The van der Waals surface area contributed by atoms with Gasteiger partial charge in [-0.3, -0.25) is 4.79 Å². The van der Waals surface area contributed by atoms with Crippen molar-refractivity contribution in [2.45, 2.75) is 0 Å². The Morgan fingerprint density at radius 2 is 2.23 bits per heavy atom. The van der Waals surface area contributed by atoms with Crippen molar-refractivity contribution >= 4 is 12.4 Å². The van der Waals surface area contributed by atoms with Crippen molar-refractivity contribution in [3.05, 3.63) is 29.8 Å². The van der Waals surface area contributed by atoms with Gasteiger partial charge in [0.15, 0.2) is 11.5 Å². The van der Waals surface area contributed by atoms with E-state index < -0.39 is 0 Å². The van der Waals surface area contributed by atoms with Gasteiger partial charge in [-0.15, -0.1) is 0 Å². The third kappa shape index (κ3) is 2.08. The molecule has 1 aromatic rings. The lowest BCUT2D eigenvalue weighted by Gasteiger charge is -2.04. The first-order valence-electron chi connectivity index (χ1n) is 3.77. The van der Waals surface area contributed by atoms with Crippen LogP contribution in [0.4, 0.5) is 0 Å². The van der Waals surface area contributed by atoms with Gasteiger partial charge in [-0.2, -0.15) is 0 Å². The number of methoxy groups -OCH3 is 1. The lowest BCUT2D eigenvalue weighted by Crippen LogP contribution is -1.84. The summed E-state index contributed by atoms with van der Waals surface area (Å²) in [6.45, 7) is 0. The summed E-state index contributed by atoms with van der Waals surface area (Å²) >= 11 is 0. The molecule has 0 saturated heterocycles. The molecule has 68 valence electrons. The number of hydrogen-bond acceptors (Lipinski definition) is 3. The smallest absolute Gasteiger partial charge is 0.165 e. The van der Waals surface area contributed by atoms with E-state index in [9.17, 15) is 9.90 Å². The molecule has 0 aliphatic rings. The Morgan fingerprint density at radius 3 is 2.85 bits per heavy atom. The summed E-state index contributed by atoms with van der Waals surface area (Å²) < 4.78 is 4.89. The summed E-state index contributed by atoms with van der Waals surface area (Å²) in [5, 5.41) is 9.52. The summed E-state index contributed by atoms with van der Waals surface area (Å²) in [5.41, 5.74) is 0.562. The van der Waals surface area contributed by atoms with Crippen LogP contribution in [0.25, 0.3) is 6.08 Å². The molecule has 0 atom stereocenters. The van der Waals surface area contributed by atoms with Crippen LogP contribution in [0, 0.1) is 0 Å². The standard InChI is InChI=1S/C10H10O3/c1-13-9-6-2-4-8(10(9)12)5-3-7-11/h2-7,12H,1H3/b5-3+. The summed E-state index contributed by atoms with van der Waals surface area (Å²) in [7, 11) is 1.47. The third-order valence-corrected chi connectivity index (χ3v) is 1.60. The van der Waals surface area contributed by atoms with Crippen LogP contribution in [0.1, 0.15) is 5.56 Å². The number of ether oxygens (including phenoxy) is 1. The molecule has 0 aromatic heterocycles. The second kappa shape index (κ2) is 4.30. The van der Waals surface area contributed by atoms with Gasteiger partial charge in [-0.25, -0.2) is 0 Å². The van der Waals surface area contributed by atoms with E-state index in [1.165, 1.54) is 19.3 Å². The summed E-state index contributed by atoms with van der Waals surface area (Å²) in [4.78, 5) is 10.0. The predicted molar refractivity (Wildman–Crippen MR) is 49.8 cm³/mol. The average molecular weight is 178 g/mol. The molecule has 3 heteroatoms. The van der Waals surface area contributed by atoms with E-state index in [0.29, 0.717) is 17.6 Å². The zero-order valence-electron chi connectivity index (χ0n) is 7.23. The molecule has 0 spiro atoms. The lowest BCUT2D eigenvalue weighted by molar-refractivity contribution is -0.104. The molecule has 0 bridgehead atoms. The SMILES string of the molecule is COc1cccc(/C=C/C=O)c1O. The number of hydrogen-bond donors (Lipinski definition) is 1. The van der Waals surface area contributed by atoms with Crippen LogP contribution >= 0.6 is 0 Å². The highest BCUT2D eigenvalue weighted by atomic mass is 16.5. The van der Waals surface area contributed by atoms with Crippen molar-refractivity contribution in [3.8, 4) is 11.5 Å². The number of para-hydroxylation sites is 1. The van der Waals surface area contributed by atoms with Crippen LogP contribution in [-0.2, 0) is 4.79 Å². The van der Waals surface area contributed by atoms with Gasteiger partial charge in [0.2, 0.25) is 0 Å². The van der Waals surface area contributed by atoms with Gasteiger partial charge >= 0.3 is 0 Å². The van der Waals surface area contributed by atoms with Gasteiger partial charge in [0.05, 0.1) is 7.11 Å². The second-order valence-corrected chi connectivity index (χ2v) is 2.39. The number of rotatable bonds is 3. The topological polar surface area (TPSA) is 46.5 Å². The molecular weight excluding hydrogens is 168 g/mol. The molecule has 3 nitrogen and oxygen atoms in total. The highest BCUT2D eigenvalue weighted by Crippen LogP contribution is 2.29. The van der Waals surface area contributed by atoms with E-state index >= 15 is 0 Å². The highest BCUT2D eigenvalue weighted by Gasteiger charge is 2.03. The largest absolute Gasteiger partial charge is 0.504 e. The molecule has 1 rings (SSSR count). The maximum atomic E-state index is 10.0. The Bertz CT molecular complexity index is 329. The van der Waals surface area contributed by atoms with E-state index in [2.05, 4.69) is 0 Å². The summed E-state index contributed by atoms with van der Waals surface area (Å²) in [5.74, 6) is 0.441. The van der Waals surface area contributed by atoms with Gasteiger partial charge in [-0.05, 0) is 18.2 Å². The predicted octanol–water partition coefficient (Wildman–Crippen LogP) is 1.61. The fourth-order valence-corrected chi connectivity index (χ4v) is 0.981. The number of allylic oxidation sites excluding steroid dienone is 1. The average Bonchev–Trinajstić information content (AvgIpc) is 2.16. The number of benzene rings is 1. The minimum absolute atomic E-state index is 0.0445. The maximum Gasteiger partial charge on any atom is 0.165 e. The van der Waals surface area contributed by atoms with Crippen LogP contribution in [0.3, 0.4) is 0 Å². The number of aromatic hydroxyl groups is 1. The zero-order valence-corrected chi connectivity index (χ0v) is 7.23. The molecule has 0 amide bonds. The molecule has 0 saturated carbocycles. The van der Waals surface area contributed by atoms with Crippen molar-refractivity contribution in [1.82, 2.24) is 0 Å². The fraction of sp³-hybridized carbons (Fsp3) is 0.100. The number of phenolic OH excluding ortho intramolecular Hbond substituents is 1. The normalized spacial score (nSPS) is 10.2. The van der Waals surface area contributed by atoms with Crippen LogP contribution < -0.4 is 4.74 Å². The second-order valence-electron chi connectivity index (χ2n) is 2.39. The van der Waals surface area contributed by atoms with Crippen LogP contribution in [0.5, 0.6) is 11.5 Å². The number of aldehydes is 1. The number of carbonyl (C=O) groups is 1. The van der Waals surface area contributed by atoms with Gasteiger partial charge < -0.3 is 9.84 Å². The Morgan fingerprint density at radius 1 is 1.46 bits per heavy atom. The first-order valence-corrected chi connectivity index (χ1v) is 3.77. The molecule has 13 heavy (non-hydrogen) atoms. The zero-order chi connectivity index (χ0) is 9.68. The fourth-order valence-electron chi connectivity index (χ4n) is 0.981. The quantitative estimate of drug-likeness (QED) is 0.565. The molecule has 0 unspecified atom stereocenters. The summed E-state index contributed by atoms with van der Waals surface area (Å²) in [6, 6.07) is 5.08. The molecular formula is C10H10O3. The van der Waals surface area contributed by atoms with Crippen molar-refractivity contribution in [2.75, 3.05) is 7.11 Å². The van der Waals surface area contributed by atoms with Crippen molar-refractivity contribution in [1.29, 1.82) is 0 Å². The van der Waals surface area contributed by atoms with Gasteiger partial charge in [-0.1, -0.05) is 12.1 Å². The lowest BCUT2D eigenvalue weighted by atomic mass is 10.2. The maximum absolute atomic E-state index is 10.0. The Hall–Kier alpha value is -1.77. The van der Waals surface area contributed by atoms with Crippen LogP contribution in [0.2, 0.25) is 0 Å². The number of phenols is 1. The summed E-state index contributed by atoms with van der Waals surface area (Å²) in [6.07, 6.45) is 3.48. The van der Waals surface area contributed by atoms with Crippen LogP contribution in [0.15, 0.2) is 24.3 Å². The molecule has 0 fully saturated rings. The van der Waals surface area contributed by atoms with E-state index in [-0.39, 0.29) is 5.75 Å². The minimum atomic E-state index is 0.0445. The minimum Gasteiger partial charge on any atom is -0.504 e. The molecule has 0 heterocycles. The van der Waals surface area contributed by atoms with Crippen molar-refractivity contribution in [2.24, 2.45) is 0 Å². The first kappa shape index (κ1) is 9.32. The molecule has 1 N–H and O–H groups in total. The van der Waals surface area contributed by atoms with Crippen LogP contribution in [-0.4, -0.2) is 18.5 Å².